The lowest BCUT2D eigenvalue weighted by Crippen LogP contribution is -2.27. The van der Waals surface area contributed by atoms with Crippen LogP contribution in [-0.4, -0.2) is 0 Å². The molecule has 0 nitrogen and oxygen atoms in total. The maximum absolute atomic E-state index is 4.11. The van der Waals surface area contributed by atoms with Crippen molar-refractivity contribution in [3.05, 3.63) is 294 Å². The van der Waals surface area contributed by atoms with Gasteiger partial charge in [0.15, 0.2) is 0 Å². The van der Waals surface area contributed by atoms with Crippen LogP contribution in [0.25, 0.3) is 89.0 Å². The molecule has 0 unspecified atom stereocenters. The zero-order valence-electron chi connectivity index (χ0n) is 51.5. The first-order valence-corrected chi connectivity index (χ1v) is 32.3. The number of hydrogen-bond donors (Lipinski definition) is 0. The number of rotatable bonds is 4. The number of hydrogen-bond acceptors (Lipinski definition) is 0. The summed E-state index contributed by atoms with van der Waals surface area (Å²) in [5, 5.41) is 0. The standard InChI is InChI=1S/C84H72Br2/c1-79(2,3)57-25-13-49(14-26-57)53-21-35-63-64-36-22-54(50-15-27-58(28-16-50)80(4,5)6)42-72(64)83(71(63)41-53)75-45-61(85)33-39-67(75)69-48-78-70(47-77(69)83)68-40-34-62(86)46-76(68)84(78)73-43-55(51-17-29-59(30-18-51)81(7,8)9)23-37-65(73)66-38-24-56(44-74(66)84)52-19-31-60(32-20-52)82(10,11)12/h13-48H,1-12H3. The summed E-state index contributed by atoms with van der Waals surface area (Å²) in [6.45, 7) is 27.6. The van der Waals surface area contributed by atoms with Gasteiger partial charge < -0.3 is 0 Å². The highest BCUT2D eigenvalue weighted by molar-refractivity contribution is 9.10. The molecule has 0 aliphatic heterocycles. The molecule has 86 heavy (non-hydrogen) atoms. The van der Waals surface area contributed by atoms with E-state index in [1.807, 2.05) is 0 Å². The zero-order chi connectivity index (χ0) is 59.8. The van der Waals surface area contributed by atoms with E-state index in [4.69, 9.17) is 0 Å². The van der Waals surface area contributed by atoms with Gasteiger partial charge in [-0.1, -0.05) is 273 Å². The minimum Gasteiger partial charge on any atom is -0.0579 e. The first-order valence-electron chi connectivity index (χ1n) is 30.7. The molecule has 422 valence electrons. The molecule has 0 bridgehead atoms. The Labute approximate surface area is 526 Å². The van der Waals surface area contributed by atoms with Crippen molar-refractivity contribution in [2.45, 2.75) is 116 Å². The van der Waals surface area contributed by atoms with Gasteiger partial charge in [0.2, 0.25) is 0 Å². The van der Waals surface area contributed by atoms with Crippen LogP contribution < -0.4 is 0 Å². The Balaban J connectivity index is 1.02. The van der Waals surface area contributed by atoms with Gasteiger partial charge >= 0.3 is 0 Å². The Morgan fingerprint density at radius 2 is 0.384 bits per heavy atom. The monoisotopic (exact) mass is 1240 g/mol. The molecule has 15 rings (SSSR count). The molecule has 11 aromatic carbocycles. The fourth-order valence-electron chi connectivity index (χ4n) is 15.3. The van der Waals surface area contributed by atoms with Crippen LogP contribution in [0.1, 0.15) is 150 Å². The van der Waals surface area contributed by atoms with Gasteiger partial charge in [0.25, 0.3) is 0 Å². The van der Waals surface area contributed by atoms with Gasteiger partial charge in [-0.15, -0.1) is 0 Å². The van der Waals surface area contributed by atoms with Gasteiger partial charge in [-0.05, 0) is 238 Å². The molecular weight excluding hydrogens is 1170 g/mol. The van der Waals surface area contributed by atoms with Crippen LogP contribution in [0.2, 0.25) is 0 Å². The zero-order valence-corrected chi connectivity index (χ0v) is 54.7. The molecule has 0 amide bonds. The minimum atomic E-state index is -0.660. The van der Waals surface area contributed by atoms with Crippen molar-refractivity contribution in [1.29, 1.82) is 0 Å². The van der Waals surface area contributed by atoms with Crippen molar-refractivity contribution < 1.29 is 0 Å². The average Bonchev–Trinajstić information content (AvgIpc) is 1.49. The fourth-order valence-corrected chi connectivity index (χ4v) is 16.0. The summed E-state index contributed by atoms with van der Waals surface area (Å²) in [5.74, 6) is 0. The van der Waals surface area contributed by atoms with Crippen molar-refractivity contribution in [2.24, 2.45) is 0 Å². The normalized spacial score (nSPS) is 14.6. The summed E-state index contributed by atoms with van der Waals surface area (Å²) in [6, 6.07) is 86.2. The van der Waals surface area contributed by atoms with Gasteiger partial charge in [-0.25, -0.2) is 0 Å². The predicted molar refractivity (Wildman–Crippen MR) is 371 cm³/mol. The average molecular weight is 1240 g/mol. The third-order valence-electron chi connectivity index (χ3n) is 19.9. The second kappa shape index (κ2) is 18.9. The molecule has 0 saturated carbocycles. The highest BCUT2D eigenvalue weighted by Crippen LogP contribution is 2.69. The third kappa shape index (κ3) is 8.18. The Kier molecular flexibility index (Phi) is 12.1. The molecule has 0 fully saturated rings. The van der Waals surface area contributed by atoms with Crippen molar-refractivity contribution in [1.82, 2.24) is 0 Å². The molecule has 2 heteroatoms. The van der Waals surface area contributed by atoms with Crippen LogP contribution in [0.3, 0.4) is 0 Å². The highest BCUT2D eigenvalue weighted by atomic mass is 79.9. The number of benzene rings is 11. The van der Waals surface area contributed by atoms with E-state index < -0.39 is 10.8 Å². The molecule has 2 spiro atoms. The predicted octanol–water partition coefficient (Wildman–Crippen LogP) is 23.8. The lowest BCUT2D eigenvalue weighted by molar-refractivity contribution is 0.590. The lowest BCUT2D eigenvalue weighted by Gasteiger charge is -2.33. The fraction of sp³-hybridized carbons (Fsp3) is 0.214. The summed E-state index contributed by atoms with van der Waals surface area (Å²) in [4.78, 5) is 0. The van der Waals surface area contributed by atoms with Crippen LogP contribution in [0.5, 0.6) is 0 Å². The SMILES string of the molecule is CC(C)(C)c1ccc(-c2ccc3c(c2)C2(c4cc(Br)ccc4-c4cc5c(cc42)-c2ccc(Br)cc2C52c4cc(-c5ccc(C(C)(C)C)cc5)ccc4-c4ccc(-c5ccc(C(C)(C)C)cc5)cc42)c2cc(-c4ccc(C(C)(C)C)cc4)ccc2-3)cc1. The molecule has 0 heterocycles. The van der Waals surface area contributed by atoms with Gasteiger partial charge in [-0.3, -0.25) is 0 Å². The first kappa shape index (κ1) is 55.0. The smallest absolute Gasteiger partial charge is 0.0579 e. The topological polar surface area (TPSA) is 0 Å². The first-order chi connectivity index (χ1) is 40.9. The van der Waals surface area contributed by atoms with Crippen LogP contribution >= 0.6 is 31.9 Å². The van der Waals surface area contributed by atoms with Crippen LogP contribution in [-0.2, 0) is 32.5 Å². The third-order valence-corrected chi connectivity index (χ3v) is 20.9. The molecule has 0 radical (unpaired) electrons. The Hall–Kier alpha value is -7.62. The Morgan fingerprint density at radius 1 is 0.198 bits per heavy atom. The van der Waals surface area contributed by atoms with E-state index >= 15 is 0 Å². The number of fused-ring (bicyclic) bond motifs is 20. The van der Waals surface area contributed by atoms with E-state index in [0.29, 0.717) is 0 Å². The summed E-state index contributed by atoms with van der Waals surface area (Å²) in [6.07, 6.45) is 0. The van der Waals surface area contributed by atoms with E-state index in [9.17, 15) is 0 Å². The van der Waals surface area contributed by atoms with E-state index in [1.165, 1.54) is 156 Å². The van der Waals surface area contributed by atoms with Crippen LogP contribution in [0.4, 0.5) is 0 Å². The molecule has 4 aliphatic carbocycles. The van der Waals surface area contributed by atoms with E-state index in [2.05, 4.69) is 333 Å². The second-order valence-electron chi connectivity index (χ2n) is 29.2. The van der Waals surface area contributed by atoms with Crippen molar-refractivity contribution >= 4 is 31.9 Å². The molecule has 0 aromatic heterocycles. The van der Waals surface area contributed by atoms with Crippen molar-refractivity contribution in [3.63, 3.8) is 0 Å². The summed E-state index contributed by atoms with van der Waals surface area (Å²) in [7, 11) is 0. The molecule has 0 saturated heterocycles. The van der Waals surface area contributed by atoms with Gasteiger partial charge in [0.1, 0.15) is 0 Å². The van der Waals surface area contributed by atoms with E-state index in [0.717, 1.165) is 8.95 Å². The summed E-state index contributed by atoms with van der Waals surface area (Å²) in [5.41, 5.74) is 34.9. The lowest BCUT2D eigenvalue weighted by atomic mass is 9.68. The summed E-state index contributed by atoms with van der Waals surface area (Å²) < 4.78 is 2.15. The van der Waals surface area contributed by atoms with Gasteiger partial charge in [0.05, 0.1) is 10.8 Å². The van der Waals surface area contributed by atoms with Gasteiger partial charge in [0, 0.05) is 8.95 Å². The Bertz CT molecular complexity index is 4120. The maximum atomic E-state index is 4.11. The highest BCUT2D eigenvalue weighted by Gasteiger charge is 2.57. The van der Waals surface area contributed by atoms with Crippen LogP contribution in [0, 0.1) is 0 Å². The number of halogens is 2. The van der Waals surface area contributed by atoms with E-state index in [1.54, 1.807) is 0 Å². The molecule has 4 aliphatic rings. The maximum Gasteiger partial charge on any atom is 0.0726 e. The quantitative estimate of drug-likeness (QED) is 0.165. The summed E-state index contributed by atoms with van der Waals surface area (Å²) >= 11 is 8.22. The molecule has 0 atom stereocenters. The minimum absolute atomic E-state index is 0.0507. The van der Waals surface area contributed by atoms with Crippen molar-refractivity contribution in [3.8, 4) is 89.0 Å². The van der Waals surface area contributed by atoms with Crippen LogP contribution in [0.15, 0.2) is 227 Å². The largest absolute Gasteiger partial charge is 0.0726 e. The molecule has 0 N–H and O–H groups in total. The Morgan fingerprint density at radius 3 is 0.616 bits per heavy atom. The van der Waals surface area contributed by atoms with Gasteiger partial charge in [-0.2, -0.15) is 0 Å². The van der Waals surface area contributed by atoms with E-state index in [-0.39, 0.29) is 21.7 Å². The van der Waals surface area contributed by atoms with Crippen molar-refractivity contribution in [2.75, 3.05) is 0 Å². The molecular formula is C84H72Br2. The molecule has 11 aromatic rings. The second-order valence-corrected chi connectivity index (χ2v) is 31.0.